The second-order valence-corrected chi connectivity index (χ2v) is 3.92. The minimum absolute atomic E-state index is 0.189. The standard InChI is InChI=1S/C8H8F2OSi/c1-2-12(9,10)11-8-6-4-3-5-7-8/h2-7H,1H2. The Kier molecular flexibility index (Phi) is 2.60. The van der Waals surface area contributed by atoms with Crippen LogP contribution in [0.3, 0.4) is 0 Å². The SMILES string of the molecule is C=C[Si](F)(F)Oc1ccccc1. The van der Waals surface area contributed by atoms with Gasteiger partial charge in [0, 0.05) is 0 Å². The highest BCUT2D eigenvalue weighted by atomic mass is 28.4. The highest BCUT2D eigenvalue weighted by Crippen LogP contribution is 2.17. The second kappa shape index (κ2) is 3.49. The first kappa shape index (κ1) is 8.93. The molecular weight excluding hydrogens is 178 g/mol. The largest absolute Gasteiger partial charge is 0.673 e. The molecule has 0 aliphatic heterocycles. The molecule has 0 fully saturated rings. The molecule has 12 heavy (non-hydrogen) atoms. The fourth-order valence-electron chi connectivity index (χ4n) is 0.687. The van der Waals surface area contributed by atoms with Crippen LogP contribution in [0.2, 0.25) is 0 Å². The lowest BCUT2D eigenvalue weighted by molar-refractivity contribution is 0.396. The molecule has 0 spiro atoms. The van der Waals surface area contributed by atoms with Crippen LogP contribution in [0.1, 0.15) is 0 Å². The second-order valence-electron chi connectivity index (χ2n) is 2.18. The lowest BCUT2D eigenvalue weighted by Crippen LogP contribution is -2.28. The van der Waals surface area contributed by atoms with Crippen molar-refractivity contribution in [1.29, 1.82) is 0 Å². The first-order valence-electron chi connectivity index (χ1n) is 3.39. The molecule has 0 aliphatic carbocycles. The number of hydrogen-bond acceptors (Lipinski definition) is 1. The van der Waals surface area contributed by atoms with Gasteiger partial charge in [0.15, 0.2) is 0 Å². The number of halogens is 2. The van der Waals surface area contributed by atoms with Crippen LogP contribution in [0.25, 0.3) is 0 Å². The summed E-state index contributed by atoms with van der Waals surface area (Å²) in [4.78, 5) is 0. The third-order valence-corrected chi connectivity index (χ3v) is 2.22. The molecule has 0 saturated carbocycles. The van der Waals surface area contributed by atoms with Crippen molar-refractivity contribution in [2.75, 3.05) is 0 Å². The number of rotatable bonds is 3. The molecule has 1 aromatic carbocycles. The zero-order valence-corrected chi connectivity index (χ0v) is 7.34. The normalized spacial score (nSPS) is 10.8. The monoisotopic (exact) mass is 186 g/mol. The first-order valence-corrected chi connectivity index (χ1v) is 5.14. The predicted octanol–water partition coefficient (Wildman–Crippen LogP) is 2.67. The van der Waals surface area contributed by atoms with Gasteiger partial charge in [-0.2, -0.15) is 0 Å². The third kappa shape index (κ3) is 2.47. The zero-order valence-electron chi connectivity index (χ0n) is 6.34. The maximum absolute atomic E-state index is 12.6. The molecule has 0 saturated heterocycles. The van der Waals surface area contributed by atoms with E-state index in [1.165, 1.54) is 12.1 Å². The van der Waals surface area contributed by atoms with E-state index in [-0.39, 0.29) is 5.75 Å². The highest BCUT2D eigenvalue weighted by molar-refractivity contribution is 6.65. The third-order valence-electron chi connectivity index (χ3n) is 1.23. The molecular formula is C8H8F2OSi. The minimum Gasteiger partial charge on any atom is -0.493 e. The van der Waals surface area contributed by atoms with Gasteiger partial charge in [0.1, 0.15) is 5.75 Å². The van der Waals surface area contributed by atoms with E-state index in [1.54, 1.807) is 18.2 Å². The van der Waals surface area contributed by atoms with Crippen LogP contribution in [0.4, 0.5) is 8.22 Å². The van der Waals surface area contributed by atoms with Gasteiger partial charge < -0.3 is 4.43 Å². The molecule has 64 valence electrons. The molecule has 0 radical (unpaired) electrons. The van der Waals surface area contributed by atoms with E-state index in [0.29, 0.717) is 5.70 Å². The quantitative estimate of drug-likeness (QED) is 0.521. The Morgan fingerprint density at radius 1 is 1.25 bits per heavy atom. The fraction of sp³-hybridized carbons (Fsp3) is 0. The summed E-state index contributed by atoms with van der Waals surface area (Å²) in [6.45, 7) is 3.02. The van der Waals surface area contributed by atoms with Crippen molar-refractivity contribution in [1.82, 2.24) is 0 Å². The van der Waals surface area contributed by atoms with E-state index in [2.05, 4.69) is 11.0 Å². The topological polar surface area (TPSA) is 9.23 Å². The average Bonchev–Trinajstić information content (AvgIpc) is 2.06. The van der Waals surface area contributed by atoms with Crippen molar-refractivity contribution in [2.45, 2.75) is 0 Å². The van der Waals surface area contributed by atoms with Gasteiger partial charge in [0.2, 0.25) is 0 Å². The summed E-state index contributed by atoms with van der Waals surface area (Å²) >= 11 is 0. The fourth-order valence-corrected chi connectivity index (χ4v) is 1.22. The van der Waals surface area contributed by atoms with Crippen molar-refractivity contribution in [2.24, 2.45) is 0 Å². The summed E-state index contributed by atoms with van der Waals surface area (Å²) in [6, 6.07) is 8.00. The summed E-state index contributed by atoms with van der Waals surface area (Å²) < 4.78 is 29.7. The Balaban J connectivity index is 2.70. The van der Waals surface area contributed by atoms with Crippen LogP contribution in [-0.4, -0.2) is 8.99 Å². The minimum atomic E-state index is -4.65. The molecule has 1 rings (SSSR count). The lowest BCUT2D eigenvalue weighted by atomic mass is 10.3. The predicted molar refractivity (Wildman–Crippen MR) is 45.2 cm³/mol. The summed E-state index contributed by atoms with van der Waals surface area (Å²) in [5.74, 6) is 0.189. The van der Waals surface area contributed by atoms with E-state index < -0.39 is 8.99 Å². The molecule has 1 nitrogen and oxygen atoms in total. The Bertz CT molecular complexity index is 261. The van der Waals surface area contributed by atoms with E-state index in [4.69, 9.17) is 0 Å². The van der Waals surface area contributed by atoms with Gasteiger partial charge in [-0.1, -0.05) is 24.8 Å². The average molecular weight is 186 g/mol. The maximum Gasteiger partial charge on any atom is 0.673 e. The Morgan fingerprint density at radius 2 is 1.83 bits per heavy atom. The van der Waals surface area contributed by atoms with Gasteiger partial charge >= 0.3 is 8.99 Å². The Morgan fingerprint density at radius 3 is 2.33 bits per heavy atom. The molecule has 4 heteroatoms. The Labute approximate surface area is 70.8 Å². The van der Waals surface area contributed by atoms with Crippen LogP contribution in [-0.2, 0) is 0 Å². The van der Waals surface area contributed by atoms with Crippen molar-refractivity contribution in [3.63, 3.8) is 0 Å². The smallest absolute Gasteiger partial charge is 0.493 e. The molecule has 0 aliphatic rings. The van der Waals surface area contributed by atoms with Crippen LogP contribution in [0.15, 0.2) is 42.6 Å². The van der Waals surface area contributed by atoms with Gasteiger partial charge in [0.25, 0.3) is 0 Å². The van der Waals surface area contributed by atoms with Gasteiger partial charge in [-0.05, 0) is 17.8 Å². The van der Waals surface area contributed by atoms with Crippen molar-refractivity contribution >= 4 is 8.99 Å². The molecule has 0 bridgehead atoms. The van der Waals surface area contributed by atoms with Crippen molar-refractivity contribution in [3.05, 3.63) is 42.6 Å². The van der Waals surface area contributed by atoms with Crippen LogP contribution in [0.5, 0.6) is 5.75 Å². The van der Waals surface area contributed by atoms with Crippen molar-refractivity contribution in [3.8, 4) is 5.75 Å². The van der Waals surface area contributed by atoms with Gasteiger partial charge in [0.05, 0.1) is 0 Å². The van der Waals surface area contributed by atoms with Crippen LogP contribution < -0.4 is 4.43 Å². The summed E-state index contributed by atoms with van der Waals surface area (Å²) in [5, 5.41) is 0. The van der Waals surface area contributed by atoms with E-state index in [1.807, 2.05) is 0 Å². The van der Waals surface area contributed by atoms with Crippen molar-refractivity contribution < 1.29 is 12.6 Å². The summed E-state index contributed by atoms with van der Waals surface area (Å²) in [5.41, 5.74) is 0.597. The highest BCUT2D eigenvalue weighted by Gasteiger charge is 2.36. The summed E-state index contributed by atoms with van der Waals surface area (Å²) in [7, 11) is -4.65. The molecule has 0 atom stereocenters. The number of hydrogen-bond donors (Lipinski definition) is 0. The maximum atomic E-state index is 12.6. The van der Waals surface area contributed by atoms with Gasteiger partial charge in [-0.25, -0.2) is 8.22 Å². The first-order chi connectivity index (χ1) is 5.64. The molecule has 0 N–H and O–H groups in total. The van der Waals surface area contributed by atoms with E-state index in [9.17, 15) is 8.22 Å². The Hall–Kier alpha value is -1.16. The molecule has 0 unspecified atom stereocenters. The summed E-state index contributed by atoms with van der Waals surface area (Å²) in [6.07, 6.45) is 0. The molecule has 0 amide bonds. The van der Waals surface area contributed by atoms with E-state index in [0.717, 1.165) is 0 Å². The van der Waals surface area contributed by atoms with Gasteiger partial charge in [-0.3, -0.25) is 0 Å². The number of para-hydroxylation sites is 1. The van der Waals surface area contributed by atoms with Crippen LogP contribution in [0, 0.1) is 0 Å². The lowest BCUT2D eigenvalue weighted by Gasteiger charge is -2.09. The van der Waals surface area contributed by atoms with E-state index >= 15 is 0 Å². The number of benzene rings is 1. The van der Waals surface area contributed by atoms with Crippen LogP contribution >= 0.6 is 0 Å². The molecule has 0 aromatic heterocycles. The molecule has 1 aromatic rings. The molecule has 0 heterocycles. The van der Waals surface area contributed by atoms with Gasteiger partial charge in [-0.15, -0.1) is 0 Å². The zero-order chi connectivity index (χ0) is 9.03.